The van der Waals surface area contributed by atoms with Crippen molar-refractivity contribution in [3.05, 3.63) is 106 Å². The number of rotatable bonds is 7. The standard InChI is InChI=1S/C28H28Cl2N2O/c29-25-18-24(19-26(30)20-25)28(33)13-16-32(17-14-28)15-7-12-27(21-31,22-8-3-1-4-9-22)23-10-5-2-6-11-23/h1-6,8-11,18-20,33H,7,12-17H2. The molecule has 5 heteroatoms. The summed E-state index contributed by atoms with van der Waals surface area (Å²) < 4.78 is 0. The number of hydrogen-bond donors (Lipinski definition) is 1. The number of nitriles is 1. The molecule has 4 rings (SSSR count). The van der Waals surface area contributed by atoms with Crippen LogP contribution in [-0.2, 0) is 11.0 Å². The van der Waals surface area contributed by atoms with E-state index in [9.17, 15) is 10.4 Å². The highest BCUT2D eigenvalue weighted by molar-refractivity contribution is 6.34. The molecule has 3 aromatic carbocycles. The monoisotopic (exact) mass is 478 g/mol. The lowest BCUT2D eigenvalue weighted by Crippen LogP contribution is -2.43. The summed E-state index contributed by atoms with van der Waals surface area (Å²) >= 11 is 12.3. The zero-order valence-electron chi connectivity index (χ0n) is 18.6. The molecule has 1 N–H and O–H groups in total. The quantitative estimate of drug-likeness (QED) is 0.417. The molecule has 170 valence electrons. The van der Waals surface area contributed by atoms with Gasteiger partial charge in [-0.15, -0.1) is 0 Å². The molecule has 0 amide bonds. The van der Waals surface area contributed by atoms with E-state index >= 15 is 0 Å². The smallest absolute Gasteiger partial charge is 0.107 e. The summed E-state index contributed by atoms with van der Waals surface area (Å²) in [4.78, 5) is 2.37. The number of piperidine rings is 1. The molecule has 1 aliphatic heterocycles. The molecule has 1 heterocycles. The van der Waals surface area contributed by atoms with E-state index in [4.69, 9.17) is 23.2 Å². The van der Waals surface area contributed by atoms with Gasteiger partial charge in [0.25, 0.3) is 0 Å². The summed E-state index contributed by atoms with van der Waals surface area (Å²) in [5, 5.41) is 22.6. The van der Waals surface area contributed by atoms with Crippen LogP contribution >= 0.6 is 23.2 Å². The lowest BCUT2D eigenvalue weighted by molar-refractivity contribution is -0.0262. The van der Waals surface area contributed by atoms with Crippen molar-refractivity contribution in [2.75, 3.05) is 19.6 Å². The van der Waals surface area contributed by atoms with E-state index in [0.717, 1.165) is 49.2 Å². The van der Waals surface area contributed by atoms with Crippen LogP contribution in [-0.4, -0.2) is 29.6 Å². The summed E-state index contributed by atoms with van der Waals surface area (Å²) in [5.74, 6) is 0. The molecule has 0 bridgehead atoms. The topological polar surface area (TPSA) is 47.3 Å². The van der Waals surface area contributed by atoms with E-state index in [0.29, 0.717) is 22.9 Å². The molecule has 0 spiro atoms. The van der Waals surface area contributed by atoms with Gasteiger partial charge in [0.2, 0.25) is 0 Å². The molecular formula is C28H28Cl2N2O. The third-order valence-electron chi connectivity index (χ3n) is 6.83. The van der Waals surface area contributed by atoms with E-state index in [1.165, 1.54) is 0 Å². The fourth-order valence-corrected chi connectivity index (χ4v) is 5.44. The summed E-state index contributed by atoms with van der Waals surface area (Å²) in [6.07, 6.45) is 2.88. The Morgan fingerprint density at radius 3 is 1.88 bits per heavy atom. The number of hydrogen-bond acceptors (Lipinski definition) is 3. The lowest BCUT2D eigenvalue weighted by atomic mass is 9.72. The van der Waals surface area contributed by atoms with Gasteiger partial charge in [0.15, 0.2) is 0 Å². The van der Waals surface area contributed by atoms with Gasteiger partial charge >= 0.3 is 0 Å². The van der Waals surface area contributed by atoms with Gasteiger partial charge in [-0.2, -0.15) is 5.26 Å². The lowest BCUT2D eigenvalue weighted by Gasteiger charge is -2.39. The Morgan fingerprint density at radius 1 is 0.879 bits per heavy atom. The number of aliphatic hydroxyl groups is 1. The van der Waals surface area contributed by atoms with Crippen molar-refractivity contribution >= 4 is 23.2 Å². The van der Waals surface area contributed by atoms with Gasteiger partial charge in [-0.25, -0.2) is 0 Å². The van der Waals surface area contributed by atoms with E-state index in [1.54, 1.807) is 6.07 Å². The van der Waals surface area contributed by atoms with Gasteiger partial charge in [0.1, 0.15) is 5.41 Å². The number of nitrogens with zero attached hydrogens (tertiary/aromatic N) is 2. The van der Waals surface area contributed by atoms with Crippen LogP contribution in [0, 0.1) is 11.3 Å². The van der Waals surface area contributed by atoms with Crippen molar-refractivity contribution in [3.63, 3.8) is 0 Å². The van der Waals surface area contributed by atoms with Crippen molar-refractivity contribution in [2.45, 2.75) is 36.7 Å². The molecule has 0 unspecified atom stereocenters. The summed E-state index contributed by atoms with van der Waals surface area (Å²) in [5.41, 5.74) is 1.27. The Hall–Kier alpha value is -2.35. The van der Waals surface area contributed by atoms with E-state index in [1.807, 2.05) is 72.8 Å². The summed E-state index contributed by atoms with van der Waals surface area (Å²) in [6.45, 7) is 2.46. The Labute approximate surface area is 206 Å². The minimum absolute atomic E-state index is 0.544. The Morgan fingerprint density at radius 2 is 1.39 bits per heavy atom. The molecule has 1 aliphatic rings. The molecule has 1 fully saturated rings. The first-order chi connectivity index (χ1) is 15.9. The van der Waals surface area contributed by atoms with Crippen LogP contribution in [0.5, 0.6) is 0 Å². The molecule has 0 aliphatic carbocycles. The van der Waals surface area contributed by atoms with Crippen molar-refractivity contribution in [2.24, 2.45) is 0 Å². The second-order valence-corrected chi connectivity index (χ2v) is 9.76. The number of likely N-dealkylation sites (tertiary alicyclic amines) is 1. The molecule has 0 aromatic heterocycles. The highest BCUT2D eigenvalue weighted by Crippen LogP contribution is 2.38. The largest absolute Gasteiger partial charge is 0.385 e. The van der Waals surface area contributed by atoms with Crippen molar-refractivity contribution in [1.82, 2.24) is 4.90 Å². The minimum atomic E-state index is -0.907. The van der Waals surface area contributed by atoms with Crippen LogP contribution in [0.2, 0.25) is 10.0 Å². The second kappa shape index (κ2) is 10.3. The van der Waals surface area contributed by atoms with Crippen LogP contribution in [0.1, 0.15) is 42.4 Å². The van der Waals surface area contributed by atoms with E-state index in [-0.39, 0.29) is 0 Å². The first-order valence-corrected chi connectivity index (χ1v) is 12.1. The van der Waals surface area contributed by atoms with Gasteiger partial charge in [-0.1, -0.05) is 83.9 Å². The first kappa shape index (κ1) is 23.8. The zero-order chi connectivity index (χ0) is 23.3. The minimum Gasteiger partial charge on any atom is -0.385 e. The fraction of sp³-hybridized carbons (Fsp3) is 0.321. The van der Waals surface area contributed by atoms with Crippen LogP contribution in [0.15, 0.2) is 78.9 Å². The molecule has 1 saturated heterocycles. The van der Waals surface area contributed by atoms with Gasteiger partial charge < -0.3 is 10.0 Å². The maximum Gasteiger partial charge on any atom is 0.107 e. The molecule has 0 radical (unpaired) electrons. The Balaban J connectivity index is 1.42. The van der Waals surface area contributed by atoms with Crippen LogP contribution < -0.4 is 0 Å². The Bertz CT molecular complexity index is 1040. The van der Waals surface area contributed by atoms with Crippen LogP contribution in [0.4, 0.5) is 0 Å². The van der Waals surface area contributed by atoms with Crippen LogP contribution in [0.3, 0.4) is 0 Å². The zero-order valence-corrected chi connectivity index (χ0v) is 20.1. The van der Waals surface area contributed by atoms with Crippen molar-refractivity contribution in [1.29, 1.82) is 5.26 Å². The van der Waals surface area contributed by atoms with Gasteiger partial charge in [0.05, 0.1) is 11.7 Å². The maximum atomic E-state index is 11.2. The van der Waals surface area contributed by atoms with Gasteiger partial charge in [-0.3, -0.25) is 0 Å². The van der Waals surface area contributed by atoms with Crippen LogP contribution in [0.25, 0.3) is 0 Å². The normalized spacial score (nSPS) is 16.3. The highest BCUT2D eigenvalue weighted by atomic mass is 35.5. The van der Waals surface area contributed by atoms with Gasteiger partial charge in [0, 0.05) is 23.1 Å². The van der Waals surface area contributed by atoms with Gasteiger partial charge in [-0.05, 0) is 67.1 Å². The second-order valence-electron chi connectivity index (χ2n) is 8.88. The summed E-state index contributed by atoms with van der Waals surface area (Å²) in [7, 11) is 0. The molecule has 33 heavy (non-hydrogen) atoms. The SMILES string of the molecule is N#CC(CCCN1CCC(O)(c2cc(Cl)cc(Cl)c2)CC1)(c1ccccc1)c1ccccc1. The third-order valence-corrected chi connectivity index (χ3v) is 7.27. The molecule has 3 aromatic rings. The fourth-order valence-electron chi connectivity index (χ4n) is 4.91. The first-order valence-electron chi connectivity index (χ1n) is 11.4. The molecule has 0 atom stereocenters. The Kier molecular flexibility index (Phi) is 7.41. The predicted octanol–water partition coefficient (Wildman–Crippen LogP) is 6.57. The number of benzene rings is 3. The van der Waals surface area contributed by atoms with E-state index < -0.39 is 11.0 Å². The predicted molar refractivity (Wildman–Crippen MR) is 135 cm³/mol. The molecule has 3 nitrogen and oxygen atoms in total. The molecule has 0 saturated carbocycles. The summed E-state index contributed by atoms with van der Waals surface area (Å²) in [6, 6.07) is 28.1. The average Bonchev–Trinajstić information content (AvgIpc) is 2.84. The van der Waals surface area contributed by atoms with E-state index in [2.05, 4.69) is 11.0 Å². The highest BCUT2D eigenvalue weighted by Gasteiger charge is 2.36. The number of halogens is 2. The third kappa shape index (κ3) is 5.26. The average molecular weight is 479 g/mol. The van der Waals surface area contributed by atoms with Crippen molar-refractivity contribution in [3.8, 4) is 6.07 Å². The van der Waals surface area contributed by atoms with Crippen molar-refractivity contribution < 1.29 is 5.11 Å². The molecular weight excluding hydrogens is 451 g/mol. The maximum absolute atomic E-state index is 11.2.